The highest BCUT2D eigenvalue weighted by Crippen LogP contribution is 2.61. The maximum Gasteiger partial charge on any atom is 0.460 e. The van der Waals surface area contributed by atoms with E-state index >= 15 is 0 Å². The van der Waals surface area contributed by atoms with Crippen LogP contribution in [0.5, 0.6) is 5.75 Å². The first-order valence-electron chi connectivity index (χ1n) is 8.47. The number of halogens is 13. The van der Waals surface area contributed by atoms with Gasteiger partial charge in [-0.1, -0.05) is 12.1 Å². The Kier molecular flexibility index (Phi) is 6.87. The van der Waals surface area contributed by atoms with E-state index in [-0.39, 0.29) is 6.54 Å². The summed E-state index contributed by atoms with van der Waals surface area (Å²) in [4.78, 5) is 3.68. The van der Waals surface area contributed by atoms with Gasteiger partial charge in [0.05, 0.1) is 6.33 Å². The lowest BCUT2D eigenvalue weighted by molar-refractivity contribution is -0.433. The topological polar surface area (TPSA) is 61.2 Å². The van der Waals surface area contributed by atoms with E-state index in [9.17, 15) is 65.5 Å². The van der Waals surface area contributed by atoms with E-state index in [2.05, 4.69) is 9.17 Å². The minimum absolute atomic E-state index is 0.0516. The molecule has 1 heterocycles. The van der Waals surface area contributed by atoms with Gasteiger partial charge in [0, 0.05) is 18.9 Å². The van der Waals surface area contributed by atoms with E-state index < -0.39 is 51.0 Å². The Hall–Kier alpha value is -2.73. The van der Waals surface area contributed by atoms with Crippen molar-refractivity contribution in [2.45, 2.75) is 41.7 Å². The van der Waals surface area contributed by atoms with E-state index in [0.29, 0.717) is 17.7 Å². The third-order valence-electron chi connectivity index (χ3n) is 4.27. The van der Waals surface area contributed by atoms with Crippen molar-refractivity contribution in [1.82, 2.24) is 9.55 Å². The predicted octanol–water partition coefficient (Wildman–Crippen LogP) is 5.34. The lowest BCUT2D eigenvalue weighted by Gasteiger charge is -2.38. The van der Waals surface area contributed by atoms with Crippen molar-refractivity contribution in [2.24, 2.45) is 0 Å². The predicted molar refractivity (Wildman–Crippen MR) is 88.1 cm³/mol. The monoisotopic (exact) mass is 556 g/mol. The molecule has 0 bridgehead atoms. The Bertz CT molecular complexity index is 1130. The molecule has 0 radical (unpaired) electrons. The molecule has 0 aliphatic rings. The van der Waals surface area contributed by atoms with Crippen LogP contribution in [0.1, 0.15) is 5.56 Å². The number of nitrogens with zero attached hydrogens (tertiary/aromatic N) is 2. The fraction of sp³-hybridized carbons (Fsp3) is 0.438. The Morgan fingerprint density at radius 1 is 0.743 bits per heavy atom. The summed E-state index contributed by atoms with van der Waals surface area (Å²) >= 11 is 0. The number of rotatable bonds is 9. The molecule has 198 valence electrons. The molecule has 0 atom stereocenters. The Morgan fingerprint density at radius 3 is 1.66 bits per heavy atom. The second kappa shape index (κ2) is 8.44. The number of alkyl halides is 13. The highest BCUT2D eigenvalue weighted by molar-refractivity contribution is 7.88. The summed E-state index contributed by atoms with van der Waals surface area (Å²) in [6.45, 7) is 0.0516. The van der Waals surface area contributed by atoms with Crippen molar-refractivity contribution in [3.05, 3.63) is 48.5 Å². The maximum absolute atomic E-state index is 13.9. The van der Waals surface area contributed by atoms with Crippen LogP contribution in [0.3, 0.4) is 0 Å². The van der Waals surface area contributed by atoms with Gasteiger partial charge in [-0.15, -0.1) is 0 Å². The number of imidazole rings is 1. The lowest BCUT2D eigenvalue weighted by atomic mass is 9.98. The van der Waals surface area contributed by atoms with Crippen LogP contribution in [0, 0.1) is 0 Å². The van der Waals surface area contributed by atoms with Gasteiger partial charge < -0.3 is 8.75 Å². The van der Waals surface area contributed by atoms with Gasteiger partial charge in [-0.2, -0.15) is 65.5 Å². The average molecular weight is 556 g/mol. The minimum atomic E-state index is -8.26. The van der Waals surface area contributed by atoms with Gasteiger partial charge in [-0.25, -0.2) is 4.98 Å². The summed E-state index contributed by atoms with van der Waals surface area (Å²) in [6.07, 6.45) is -3.49. The Balaban J connectivity index is 2.39. The zero-order valence-corrected chi connectivity index (χ0v) is 17.0. The fourth-order valence-electron chi connectivity index (χ4n) is 2.33. The summed E-state index contributed by atoms with van der Waals surface area (Å²) in [5.41, 5.74) is 0.297. The largest absolute Gasteiger partial charge is 0.460 e. The molecule has 1 aromatic heterocycles. The smallest absolute Gasteiger partial charge is 0.378 e. The van der Waals surface area contributed by atoms with Gasteiger partial charge in [-0.05, 0) is 17.7 Å². The van der Waals surface area contributed by atoms with Gasteiger partial charge in [0.25, 0.3) is 0 Å². The van der Waals surface area contributed by atoms with Gasteiger partial charge in [-0.3, -0.25) is 0 Å². The molecule has 0 unspecified atom stereocenters. The molecule has 19 heteroatoms. The van der Waals surface area contributed by atoms with Gasteiger partial charge >= 0.3 is 45.2 Å². The van der Waals surface area contributed by atoms with Gasteiger partial charge in [0.2, 0.25) is 0 Å². The zero-order valence-electron chi connectivity index (χ0n) is 16.2. The van der Waals surface area contributed by atoms with E-state index in [1.54, 1.807) is 0 Å². The first-order chi connectivity index (χ1) is 15.5. The number of benzene rings is 1. The molecule has 0 amide bonds. The van der Waals surface area contributed by atoms with Crippen molar-refractivity contribution in [1.29, 1.82) is 0 Å². The van der Waals surface area contributed by atoms with Crippen molar-refractivity contribution >= 4 is 10.1 Å². The number of hydrogen-bond donors (Lipinski definition) is 0. The summed E-state index contributed by atoms with van der Waals surface area (Å²) in [6, 6.07) is 3.02. The zero-order chi connectivity index (χ0) is 27.3. The molecule has 0 aliphatic heterocycles. The SMILES string of the molecule is O=S(=O)(Oc1ccc(Cn2ccnc2)cc1)C(F)(F)C(F)(F)C(F)(F)C(F)(F)C(F)(F)C(F)(F)F. The standard InChI is InChI=1S/C16H9F13N2O3S/c17-11(18,13(21,22)15(25,26)27)12(19,20)14(23,24)16(28,29)35(32,33)34-10-3-1-9(2-4-10)7-31-6-5-30-8-31/h1-6,8H,7H2. The highest BCUT2D eigenvalue weighted by Gasteiger charge is 2.93. The lowest BCUT2D eigenvalue weighted by Crippen LogP contribution is -2.71. The second-order valence-electron chi connectivity index (χ2n) is 6.73. The molecule has 35 heavy (non-hydrogen) atoms. The summed E-state index contributed by atoms with van der Waals surface area (Å²) in [5.74, 6) is -33.7. The van der Waals surface area contributed by atoms with Crippen molar-refractivity contribution in [3.8, 4) is 5.75 Å². The van der Waals surface area contributed by atoms with Crippen LogP contribution in [0.2, 0.25) is 0 Å². The van der Waals surface area contributed by atoms with Crippen molar-refractivity contribution in [3.63, 3.8) is 0 Å². The van der Waals surface area contributed by atoms with Crippen LogP contribution >= 0.6 is 0 Å². The quantitative estimate of drug-likeness (QED) is 0.310. The van der Waals surface area contributed by atoms with E-state index in [1.165, 1.54) is 23.3 Å². The van der Waals surface area contributed by atoms with E-state index in [0.717, 1.165) is 12.1 Å². The first kappa shape index (κ1) is 28.5. The van der Waals surface area contributed by atoms with Crippen LogP contribution in [0.4, 0.5) is 57.1 Å². The molecule has 0 saturated carbocycles. The third-order valence-corrected chi connectivity index (χ3v) is 5.57. The molecule has 0 fully saturated rings. The second-order valence-corrected chi connectivity index (χ2v) is 8.32. The number of hydrogen-bond acceptors (Lipinski definition) is 4. The van der Waals surface area contributed by atoms with E-state index in [4.69, 9.17) is 0 Å². The molecule has 5 nitrogen and oxygen atoms in total. The molecular weight excluding hydrogens is 547 g/mol. The fourth-order valence-corrected chi connectivity index (χ4v) is 3.24. The van der Waals surface area contributed by atoms with Crippen LogP contribution in [0.25, 0.3) is 0 Å². The molecule has 1 aromatic carbocycles. The maximum atomic E-state index is 13.9. The molecule has 0 aliphatic carbocycles. The molecule has 0 saturated heterocycles. The number of aromatic nitrogens is 2. The Morgan fingerprint density at radius 2 is 1.23 bits per heavy atom. The van der Waals surface area contributed by atoms with Gasteiger partial charge in [0.15, 0.2) is 0 Å². The van der Waals surface area contributed by atoms with E-state index in [1.807, 2.05) is 0 Å². The van der Waals surface area contributed by atoms with Crippen LogP contribution in [-0.4, -0.2) is 53.1 Å². The van der Waals surface area contributed by atoms with Crippen molar-refractivity contribution < 1.29 is 69.7 Å². The summed E-state index contributed by atoms with van der Waals surface area (Å²) < 4.78 is 199. The molecule has 0 spiro atoms. The van der Waals surface area contributed by atoms with Crippen molar-refractivity contribution in [2.75, 3.05) is 0 Å². The summed E-state index contributed by atoms with van der Waals surface area (Å²) in [5, 5.41) is -7.43. The van der Waals surface area contributed by atoms with Crippen LogP contribution in [-0.2, 0) is 16.7 Å². The minimum Gasteiger partial charge on any atom is -0.378 e. The Labute approximate surface area is 186 Å². The molecular formula is C16H9F13N2O3S. The summed E-state index contributed by atoms with van der Waals surface area (Å²) in [7, 11) is -7.40. The molecule has 2 rings (SSSR count). The molecule has 0 N–H and O–H groups in total. The average Bonchev–Trinajstić information content (AvgIpc) is 3.20. The van der Waals surface area contributed by atoms with Crippen LogP contribution < -0.4 is 4.18 Å². The molecule has 2 aromatic rings. The highest BCUT2D eigenvalue weighted by atomic mass is 32.2. The first-order valence-corrected chi connectivity index (χ1v) is 9.88. The third kappa shape index (κ3) is 4.49. The van der Waals surface area contributed by atoms with Gasteiger partial charge in [0.1, 0.15) is 5.75 Å². The normalized spacial score (nSPS) is 14.8. The van der Waals surface area contributed by atoms with Crippen LogP contribution in [0.15, 0.2) is 43.0 Å².